The van der Waals surface area contributed by atoms with Crippen LogP contribution in [0.4, 0.5) is 11.4 Å². The summed E-state index contributed by atoms with van der Waals surface area (Å²) in [6, 6.07) is 2.15. The highest BCUT2D eigenvalue weighted by atomic mass is 16.5. The molecule has 1 fully saturated rings. The van der Waals surface area contributed by atoms with Crippen molar-refractivity contribution in [3.8, 4) is 0 Å². The van der Waals surface area contributed by atoms with Crippen LogP contribution in [0.5, 0.6) is 0 Å². The van der Waals surface area contributed by atoms with E-state index in [4.69, 9.17) is 4.74 Å². The fourth-order valence-electron chi connectivity index (χ4n) is 2.14. The van der Waals surface area contributed by atoms with E-state index < -0.39 is 0 Å². The molecule has 1 aromatic rings. The summed E-state index contributed by atoms with van der Waals surface area (Å²) >= 11 is 0. The number of morpholine rings is 1. The van der Waals surface area contributed by atoms with Crippen LogP contribution in [0.1, 0.15) is 20.8 Å². The van der Waals surface area contributed by atoms with Gasteiger partial charge in [-0.3, -0.25) is 4.98 Å². The highest BCUT2D eigenvalue weighted by Gasteiger charge is 2.27. The topological polar surface area (TPSA) is 37.4 Å². The number of pyridine rings is 1. The standard InChI is InChI=1S/C13H21N3O/c1-4-15-11-7-12(9-14-8-11)16-5-6-17-13(2,3)10-16/h7-9,15H,4-6,10H2,1-3H3. The third kappa shape index (κ3) is 3.09. The second kappa shape index (κ2) is 4.92. The number of anilines is 2. The molecule has 1 aliphatic rings. The van der Waals surface area contributed by atoms with Crippen molar-refractivity contribution < 1.29 is 4.74 Å². The van der Waals surface area contributed by atoms with Gasteiger partial charge in [0.25, 0.3) is 0 Å². The Bertz CT molecular complexity index is 379. The van der Waals surface area contributed by atoms with E-state index in [9.17, 15) is 0 Å². The van der Waals surface area contributed by atoms with Crippen molar-refractivity contribution in [2.45, 2.75) is 26.4 Å². The van der Waals surface area contributed by atoms with Gasteiger partial charge in [0.15, 0.2) is 0 Å². The molecule has 0 amide bonds. The fraction of sp³-hybridized carbons (Fsp3) is 0.615. The van der Waals surface area contributed by atoms with E-state index in [0.717, 1.165) is 31.9 Å². The molecule has 0 atom stereocenters. The minimum Gasteiger partial charge on any atom is -0.384 e. The Hall–Kier alpha value is -1.29. The first-order valence-electron chi connectivity index (χ1n) is 6.18. The number of nitrogens with zero attached hydrogens (tertiary/aromatic N) is 2. The number of hydrogen-bond acceptors (Lipinski definition) is 4. The molecule has 1 saturated heterocycles. The molecule has 0 bridgehead atoms. The van der Waals surface area contributed by atoms with Crippen LogP contribution in [0.2, 0.25) is 0 Å². The molecule has 1 aromatic heterocycles. The Labute approximate surface area is 103 Å². The lowest BCUT2D eigenvalue weighted by atomic mass is 10.1. The zero-order chi connectivity index (χ0) is 12.3. The summed E-state index contributed by atoms with van der Waals surface area (Å²) in [5, 5.41) is 3.29. The van der Waals surface area contributed by atoms with Crippen molar-refractivity contribution in [1.82, 2.24) is 4.98 Å². The number of aromatic nitrogens is 1. The van der Waals surface area contributed by atoms with Crippen LogP contribution in [-0.4, -0.2) is 36.8 Å². The quantitative estimate of drug-likeness (QED) is 0.871. The minimum atomic E-state index is -0.0769. The van der Waals surface area contributed by atoms with Gasteiger partial charge in [-0.05, 0) is 26.8 Å². The van der Waals surface area contributed by atoms with Gasteiger partial charge >= 0.3 is 0 Å². The maximum atomic E-state index is 5.72. The second-order valence-corrected chi connectivity index (χ2v) is 4.99. The van der Waals surface area contributed by atoms with Crippen molar-refractivity contribution in [2.75, 3.05) is 36.5 Å². The molecular weight excluding hydrogens is 214 g/mol. The first-order valence-corrected chi connectivity index (χ1v) is 6.18. The molecule has 94 valence electrons. The SMILES string of the molecule is CCNc1cncc(N2CCOC(C)(C)C2)c1. The van der Waals surface area contributed by atoms with Crippen molar-refractivity contribution >= 4 is 11.4 Å². The Morgan fingerprint density at radius 1 is 1.47 bits per heavy atom. The Balaban J connectivity index is 2.13. The number of nitrogens with one attached hydrogen (secondary N) is 1. The van der Waals surface area contributed by atoms with E-state index >= 15 is 0 Å². The van der Waals surface area contributed by atoms with Gasteiger partial charge in [0.05, 0.1) is 36.0 Å². The van der Waals surface area contributed by atoms with E-state index in [1.807, 2.05) is 12.4 Å². The first-order chi connectivity index (χ1) is 8.11. The van der Waals surface area contributed by atoms with Gasteiger partial charge in [0, 0.05) is 19.6 Å². The molecule has 0 spiro atoms. The minimum absolute atomic E-state index is 0.0769. The van der Waals surface area contributed by atoms with Gasteiger partial charge in [-0.2, -0.15) is 0 Å². The fourth-order valence-corrected chi connectivity index (χ4v) is 2.14. The Morgan fingerprint density at radius 2 is 2.29 bits per heavy atom. The zero-order valence-electron chi connectivity index (χ0n) is 10.9. The van der Waals surface area contributed by atoms with E-state index in [0.29, 0.717) is 0 Å². The van der Waals surface area contributed by atoms with Crippen LogP contribution in [-0.2, 0) is 4.74 Å². The predicted octanol–water partition coefficient (Wildman–Crippen LogP) is 2.13. The number of ether oxygens (including phenoxy) is 1. The van der Waals surface area contributed by atoms with Crippen LogP contribution in [0.15, 0.2) is 18.5 Å². The summed E-state index contributed by atoms with van der Waals surface area (Å²) in [6.07, 6.45) is 3.78. The van der Waals surface area contributed by atoms with E-state index in [1.165, 1.54) is 5.69 Å². The number of rotatable bonds is 3. The van der Waals surface area contributed by atoms with Crippen LogP contribution in [0.3, 0.4) is 0 Å². The van der Waals surface area contributed by atoms with Gasteiger partial charge in [0.1, 0.15) is 0 Å². The van der Waals surface area contributed by atoms with E-state index in [-0.39, 0.29) is 5.60 Å². The van der Waals surface area contributed by atoms with Crippen molar-refractivity contribution in [3.05, 3.63) is 18.5 Å². The molecule has 0 radical (unpaired) electrons. The Kier molecular flexibility index (Phi) is 3.52. The average Bonchev–Trinajstić information content (AvgIpc) is 2.28. The van der Waals surface area contributed by atoms with Gasteiger partial charge < -0.3 is 15.0 Å². The van der Waals surface area contributed by atoms with Crippen molar-refractivity contribution in [3.63, 3.8) is 0 Å². The Morgan fingerprint density at radius 3 is 3.00 bits per heavy atom. The lowest BCUT2D eigenvalue weighted by Crippen LogP contribution is -2.48. The molecule has 2 heterocycles. The largest absolute Gasteiger partial charge is 0.384 e. The lowest BCUT2D eigenvalue weighted by Gasteiger charge is -2.39. The summed E-state index contributed by atoms with van der Waals surface area (Å²) in [5.41, 5.74) is 2.17. The van der Waals surface area contributed by atoms with Crippen LogP contribution in [0, 0.1) is 0 Å². The third-order valence-electron chi connectivity index (χ3n) is 2.90. The molecule has 17 heavy (non-hydrogen) atoms. The van der Waals surface area contributed by atoms with Gasteiger partial charge in [-0.25, -0.2) is 0 Å². The monoisotopic (exact) mass is 235 g/mol. The van der Waals surface area contributed by atoms with Gasteiger partial charge in [0.2, 0.25) is 0 Å². The summed E-state index contributed by atoms with van der Waals surface area (Å²) < 4.78 is 5.72. The van der Waals surface area contributed by atoms with Crippen molar-refractivity contribution in [2.24, 2.45) is 0 Å². The summed E-state index contributed by atoms with van der Waals surface area (Å²) in [7, 11) is 0. The smallest absolute Gasteiger partial charge is 0.0801 e. The molecule has 0 aliphatic carbocycles. The zero-order valence-corrected chi connectivity index (χ0v) is 10.9. The van der Waals surface area contributed by atoms with Crippen LogP contribution < -0.4 is 10.2 Å². The summed E-state index contributed by atoms with van der Waals surface area (Å²) in [4.78, 5) is 6.61. The highest BCUT2D eigenvalue weighted by Crippen LogP contribution is 2.24. The molecular formula is C13H21N3O. The average molecular weight is 235 g/mol. The molecule has 0 saturated carbocycles. The summed E-state index contributed by atoms with van der Waals surface area (Å²) in [6.45, 7) is 9.87. The van der Waals surface area contributed by atoms with Crippen LogP contribution in [0.25, 0.3) is 0 Å². The lowest BCUT2D eigenvalue weighted by molar-refractivity contribution is -0.0277. The molecule has 0 aromatic carbocycles. The van der Waals surface area contributed by atoms with Crippen molar-refractivity contribution in [1.29, 1.82) is 0 Å². The molecule has 4 heteroatoms. The van der Waals surface area contributed by atoms with E-state index in [1.54, 1.807) is 0 Å². The first kappa shape index (κ1) is 12.2. The van der Waals surface area contributed by atoms with E-state index in [2.05, 4.69) is 42.0 Å². The van der Waals surface area contributed by atoms with Gasteiger partial charge in [-0.1, -0.05) is 0 Å². The number of hydrogen-bond donors (Lipinski definition) is 1. The third-order valence-corrected chi connectivity index (χ3v) is 2.90. The molecule has 2 rings (SSSR count). The normalized spacial score (nSPS) is 19.1. The van der Waals surface area contributed by atoms with Crippen LogP contribution >= 0.6 is 0 Å². The molecule has 1 aliphatic heterocycles. The van der Waals surface area contributed by atoms with Gasteiger partial charge in [-0.15, -0.1) is 0 Å². The molecule has 1 N–H and O–H groups in total. The predicted molar refractivity (Wildman–Crippen MR) is 70.6 cm³/mol. The maximum Gasteiger partial charge on any atom is 0.0801 e. The molecule has 0 unspecified atom stereocenters. The molecule has 4 nitrogen and oxygen atoms in total. The second-order valence-electron chi connectivity index (χ2n) is 4.99. The maximum absolute atomic E-state index is 5.72. The summed E-state index contributed by atoms with van der Waals surface area (Å²) in [5.74, 6) is 0. The highest BCUT2D eigenvalue weighted by molar-refractivity contribution is 5.55.